The summed E-state index contributed by atoms with van der Waals surface area (Å²) in [5.74, 6) is -1.71. The monoisotopic (exact) mass is 262 g/mol. The molecule has 0 saturated carbocycles. The highest BCUT2D eigenvalue weighted by molar-refractivity contribution is 5.93. The van der Waals surface area contributed by atoms with E-state index in [0.29, 0.717) is 5.52 Å². The second-order valence-corrected chi connectivity index (χ2v) is 4.12. The van der Waals surface area contributed by atoms with E-state index in [1.807, 2.05) is 12.1 Å². The van der Waals surface area contributed by atoms with E-state index in [1.165, 1.54) is 11.6 Å². The Morgan fingerprint density at radius 3 is 2.58 bits per heavy atom. The lowest BCUT2D eigenvalue weighted by Crippen LogP contribution is -2.52. The van der Waals surface area contributed by atoms with E-state index in [-0.39, 0.29) is 0 Å². The van der Waals surface area contributed by atoms with Gasteiger partial charge in [0, 0.05) is 18.5 Å². The SMILES string of the molecule is CC(=O)N([C@@H](CO)C(=O)O)n1ccc2ccccc21. The van der Waals surface area contributed by atoms with Gasteiger partial charge in [-0.2, -0.15) is 0 Å². The molecule has 1 atom stereocenters. The van der Waals surface area contributed by atoms with Crippen LogP contribution >= 0.6 is 0 Å². The number of para-hydroxylation sites is 1. The van der Waals surface area contributed by atoms with Crippen LogP contribution in [0.2, 0.25) is 0 Å². The van der Waals surface area contributed by atoms with Crippen molar-refractivity contribution in [3.8, 4) is 0 Å². The van der Waals surface area contributed by atoms with Crippen LogP contribution in [0.4, 0.5) is 0 Å². The van der Waals surface area contributed by atoms with Crippen molar-refractivity contribution in [1.82, 2.24) is 4.68 Å². The lowest BCUT2D eigenvalue weighted by atomic mass is 10.2. The number of hydrogen-bond donors (Lipinski definition) is 2. The second kappa shape index (κ2) is 5.11. The van der Waals surface area contributed by atoms with Crippen molar-refractivity contribution in [2.24, 2.45) is 0 Å². The minimum Gasteiger partial charge on any atom is -0.480 e. The molecule has 1 aromatic heterocycles. The van der Waals surface area contributed by atoms with Gasteiger partial charge in [0.1, 0.15) is 0 Å². The summed E-state index contributed by atoms with van der Waals surface area (Å²) in [5.41, 5.74) is 0.706. The van der Waals surface area contributed by atoms with Gasteiger partial charge in [0.05, 0.1) is 12.1 Å². The van der Waals surface area contributed by atoms with Crippen LogP contribution in [-0.2, 0) is 9.59 Å². The van der Waals surface area contributed by atoms with E-state index in [0.717, 1.165) is 10.4 Å². The Kier molecular flexibility index (Phi) is 3.52. The zero-order valence-electron chi connectivity index (χ0n) is 10.4. The van der Waals surface area contributed by atoms with Crippen LogP contribution in [0.5, 0.6) is 0 Å². The van der Waals surface area contributed by atoms with Crippen LogP contribution in [0.25, 0.3) is 10.9 Å². The number of hydrogen-bond acceptors (Lipinski definition) is 3. The van der Waals surface area contributed by atoms with Gasteiger partial charge in [-0.25, -0.2) is 9.80 Å². The van der Waals surface area contributed by atoms with E-state index in [1.54, 1.807) is 24.4 Å². The number of aromatic nitrogens is 1. The van der Waals surface area contributed by atoms with Crippen LogP contribution in [0.15, 0.2) is 36.5 Å². The summed E-state index contributed by atoms with van der Waals surface area (Å²) in [6.45, 7) is 0.613. The number of carbonyl (C=O) groups is 2. The Bertz CT molecular complexity index is 620. The van der Waals surface area contributed by atoms with Crippen molar-refractivity contribution in [2.45, 2.75) is 13.0 Å². The van der Waals surface area contributed by atoms with Gasteiger partial charge in [0.15, 0.2) is 6.04 Å². The third-order valence-corrected chi connectivity index (χ3v) is 2.89. The Hall–Kier alpha value is -2.34. The van der Waals surface area contributed by atoms with Gasteiger partial charge in [-0.05, 0) is 12.1 Å². The molecule has 19 heavy (non-hydrogen) atoms. The Labute approximate surface area is 109 Å². The molecule has 1 aromatic carbocycles. The van der Waals surface area contributed by atoms with E-state index < -0.39 is 24.5 Å². The van der Waals surface area contributed by atoms with Crippen molar-refractivity contribution in [3.05, 3.63) is 36.5 Å². The van der Waals surface area contributed by atoms with E-state index in [2.05, 4.69) is 0 Å². The molecule has 0 aliphatic heterocycles. The number of amides is 1. The maximum Gasteiger partial charge on any atom is 0.330 e. The lowest BCUT2D eigenvalue weighted by molar-refractivity contribution is -0.141. The maximum atomic E-state index is 11.7. The molecule has 2 N–H and O–H groups in total. The predicted octanol–water partition coefficient (Wildman–Crippen LogP) is 0.571. The number of nitrogens with zero attached hydrogens (tertiary/aromatic N) is 2. The molecule has 0 spiro atoms. The average molecular weight is 262 g/mol. The second-order valence-electron chi connectivity index (χ2n) is 4.12. The van der Waals surface area contributed by atoms with Crippen molar-refractivity contribution >= 4 is 22.8 Å². The van der Waals surface area contributed by atoms with Gasteiger partial charge in [0.25, 0.3) is 0 Å². The zero-order chi connectivity index (χ0) is 14.0. The standard InChI is InChI=1S/C13H14N2O4/c1-9(17)15(12(8-16)13(18)19)14-7-6-10-4-2-3-5-11(10)14/h2-7,12,16H,8H2,1H3,(H,18,19)/t12-/m0/s1. The molecule has 0 aliphatic carbocycles. The molecular weight excluding hydrogens is 248 g/mol. The number of carboxylic acids is 1. The quantitative estimate of drug-likeness (QED) is 0.844. The summed E-state index contributed by atoms with van der Waals surface area (Å²) in [7, 11) is 0. The van der Waals surface area contributed by atoms with Crippen LogP contribution in [0.1, 0.15) is 6.92 Å². The number of benzene rings is 1. The minimum atomic E-state index is -1.31. The smallest absolute Gasteiger partial charge is 0.330 e. The maximum absolute atomic E-state index is 11.7. The molecule has 0 radical (unpaired) electrons. The summed E-state index contributed by atoms with van der Waals surface area (Å²) in [5, 5.41) is 20.2. The Morgan fingerprint density at radius 2 is 2.00 bits per heavy atom. The molecule has 100 valence electrons. The summed E-state index contributed by atoms with van der Waals surface area (Å²) in [4.78, 5) is 22.9. The molecule has 0 aliphatic rings. The highest BCUT2D eigenvalue weighted by Gasteiger charge is 2.29. The molecule has 1 amide bonds. The summed E-state index contributed by atoms with van der Waals surface area (Å²) >= 11 is 0. The summed E-state index contributed by atoms with van der Waals surface area (Å²) in [6.07, 6.45) is 1.61. The molecule has 0 bridgehead atoms. The molecule has 6 heteroatoms. The third kappa shape index (κ3) is 2.30. The molecule has 0 unspecified atom stereocenters. The first kappa shape index (κ1) is 13.1. The first-order valence-corrected chi connectivity index (χ1v) is 5.76. The van der Waals surface area contributed by atoms with Crippen LogP contribution in [0, 0.1) is 0 Å². The highest BCUT2D eigenvalue weighted by atomic mass is 16.4. The first-order chi connectivity index (χ1) is 9.06. The highest BCUT2D eigenvalue weighted by Crippen LogP contribution is 2.17. The Balaban J connectivity index is 2.56. The topological polar surface area (TPSA) is 82.8 Å². The molecule has 0 fully saturated rings. The summed E-state index contributed by atoms with van der Waals surface area (Å²) < 4.78 is 1.45. The van der Waals surface area contributed by atoms with Crippen molar-refractivity contribution < 1.29 is 19.8 Å². The Morgan fingerprint density at radius 1 is 1.32 bits per heavy atom. The van der Waals surface area contributed by atoms with Crippen LogP contribution < -0.4 is 5.01 Å². The number of carbonyl (C=O) groups excluding carboxylic acids is 1. The fourth-order valence-corrected chi connectivity index (χ4v) is 2.04. The third-order valence-electron chi connectivity index (χ3n) is 2.89. The number of aliphatic hydroxyl groups excluding tert-OH is 1. The number of carboxylic acid groups (broad SMARTS) is 1. The minimum absolute atomic E-state index is 0.456. The molecule has 0 saturated heterocycles. The molecule has 2 aromatic rings. The first-order valence-electron chi connectivity index (χ1n) is 5.76. The summed E-state index contributed by atoms with van der Waals surface area (Å²) in [6, 6.07) is 7.76. The number of aliphatic carboxylic acids is 1. The number of fused-ring (bicyclic) bond motifs is 1. The predicted molar refractivity (Wildman–Crippen MR) is 69.3 cm³/mol. The van der Waals surface area contributed by atoms with Crippen LogP contribution in [0.3, 0.4) is 0 Å². The van der Waals surface area contributed by atoms with Gasteiger partial charge in [-0.15, -0.1) is 0 Å². The van der Waals surface area contributed by atoms with Crippen molar-refractivity contribution in [1.29, 1.82) is 0 Å². The van der Waals surface area contributed by atoms with Crippen molar-refractivity contribution in [3.63, 3.8) is 0 Å². The van der Waals surface area contributed by atoms with Gasteiger partial charge in [0.2, 0.25) is 5.91 Å². The largest absolute Gasteiger partial charge is 0.480 e. The average Bonchev–Trinajstić information content (AvgIpc) is 2.78. The van der Waals surface area contributed by atoms with E-state index in [4.69, 9.17) is 5.11 Å². The van der Waals surface area contributed by atoms with Crippen LogP contribution in [-0.4, -0.2) is 39.4 Å². The van der Waals surface area contributed by atoms with Gasteiger partial charge < -0.3 is 10.2 Å². The molecular formula is C13H14N2O4. The fourth-order valence-electron chi connectivity index (χ4n) is 2.04. The van der Waals surface area contributed by atoms with E-state index >= 15 is 0 Å². The normalized spacial score (nSPS) is 12.3. The van der Waals surface area contributed by atoms with Gasteiger partial charge in [-0.1, -0.05) is 18.2 Å². The number of aliphatic hydroxyl groups is 1. The lowest BCUT2D eigenvalue weighted by Gasteiger charge is -2.28. The van der Waals surface area contributed by atoms with E-state index in [9.17, 15) is 14.7 Å². The molecule has 2 rings (SSSR count). The van der Waals surface area contributed by atoms with Crippen molar-refractivity contribution in [2.75, 3.05) is 11.6 Å². The molecule has 1 heterocycles. The van der Waals surface area contributed by atoms with Gasteiger partial charge in [-0.3, -0.25) is 9.47 Å². The van der Waals surface area contributed by atoms with Gasteiger partial charge >= 0.3 is 5.97 Å². The zero-order valence-corrected chi connectivity index (χ0v) is 10.4. The molecule has 6 nitrogen and oxygen atoms in total. The number of rotatable bonds is 4. The fraction of sp³-hybridized carbons (Fsp3) is 0.231.